The molecule has 0 fully saturated rings. The highest BCUT2D eigenvalue weighted by atomic mass is 19.2. The molecule has 14 heteroatoms. The van der Waals surface area contributed by atoms with E-state index >= 15 is 0 Å². The molecule has 2 aromatic carbocycles. The molecule has 2 aromatic heterocycles. The topological polar surface area (TPSA) is 147 Å². The van der Waals surface area contributed by atoms with E-state index in [1.807, 2.05) is 0 Å². The van der Waals surface area contributed by atoms with Crippen LogP contribution < -0.4 is 11.1 Å². The molecule has 0 unspecified atom stereocenters. The van der Waals surface area contributed by atoms with Gasteiger partial charge >= 0.3 is 0 Å². The van der Waals surface area contributed by atoms with E-state index in [9.17, 15) is 47.4 Å². The molecule has 0 amide bonds. The molecule has 0 N–H and O–H groups in total. The molecular formula is C24H4F6N6O2. The van der Waals surface area contributed by atoms with E-state index in [0.717, 1.165) is 0 Å². The Kier molecular flexibility index (Phi) is 6.41. The van der Waals surface area contributed by atoms with E-state index in [4.69, 9.17) is 8.83 Å². The second-order valence-electron chi connectivity index (χ2n) is 7.10. The van der Waals surface area contributed by atoms with Gasteiger partial charge in [-0.2, -0.15) is 21.0 Å². The van der Waals surface area contributed by atoms with Gasteiger partial charge in [0.25, 0.3) is 0 Å². The van der Waals surface area contributed by atoms with Crippen molar-refractivity contribution in [3.63, 3.8) is 0 Å². The van der Waals surface area contributed by atoms with Crippen LogP contribution in [0.2, 0.25) is 0 Å². The monoisotopic (exact) mass is 522 g/mol. The Hall–Kier alpha value is -5.86. The Balaban J connectivity index is 2.34. The second kappa shape index (κ2) is 9.65. The average Bonchev–Trinajstić information content (AvgIpc) is 3.52. The summed E-state index contributed by atoms with van der Waals surface area (Å²) in [5.74, 6) is -10.3. The molecule has 0 radical (unpaired) electrons. The summed E-state index contributed by atoms with van der Waals surface area (Å²) < 4.78 is 94.1. The molecule has 0 aliphatic carbocycles. The highest BCUT2D eigenvalue weighted by molar-refractivity contribution is 5.72. The third kappa shape index (κ3) is 4.19. The first kappa shape index (κ1) is 25.2. The van der Waals surface area contributed by atoms with Crippen molar-refractivity contribution in [1.29, 1.82) is 21.0 Å². The zero-order valence-electron chi connectivity index (χ0n) is 18.1. The van der Waals surface area contributed by atoms with E-state index in [1.165, 1.54) is 24.3 Å². The number of oxazole rings is 2. The van der Waals surface area contributed by atoms with Crippen LogP contribution in [0.15, 0.2) is 33.1 Å². The Morgan fingerprint density at radius 3 is 1.11 bits per heavy atom. The van der Waals surface area contributed by atoms with E-state index < -0.39 is 90.5 Å². The molecule has 0 bridgehead atoms. The van der Waals surface area contributed by atoms with Crippen LogP contribution in [0, 0.1) is 91.1 Å². The van der Waals surface area contributed by atoms with E-state index in [1.54, 1.807) is 0 Å². The minimum atomic E-state index is -1.83. The van der Waals surface area contributed by atoms with Crippen LogP contribution in [-0.2, 0) is 0 Å². The van der Waals surface area contributed by atoms with E-state index in [0.29, 0.717) is 24.3 Å². The van der Waals surface area contributed by atoms with Crippen LogP contribution in [0.25, 0.3) is 33.7 Å². The Morgan fingerprint density at radius 1 is 0.553 bits per heavy atom. The van der Waals surface area contributed by atoms with Gasteiger partial charge in [0.2, 0.25) is 21.9 Å². The quantitative estimate of drug-likeness (QED) is 0.287. The maximum atomic E-state index is 14.0. The fourth-order valence-electron chi connectivity index (χ4n) is 3.18. The zero-order valence-corrected chi connectivity index (χ0v) is 18.1. The fourth-order valence-corrected chi connectivity index (χ4v) is 3.18. The Bertz CT molecular complexity index is 1830. The molecule has 38 heavy (non-hydrogen) atoms. The summed E-state index contributed by atoms with van der Waals surface area (Å²) in [6, 6.07) is 7.80. The summed E-state index contributed by atoms with van der Waals surface area (Å²) >= 11 is 0. The second-order valence-corrected chi connectivity index (χ2v) is 7.10. The lowest BCUT2D eigenvalue weighted by atomic mass is 10.1. The maximum Gasteiger partial charge on any atom is 0.249 e. The van der Waals surface area contributed by atoms with Crippen LogP contribution in [-0.4, -0.2) is 9.97 Å². The summed E-state index contributed by atoms with van der Waals surface area (Å²) in [5, 5.41) is 36.8. The molecule has 0 atom stereocenters. The third-order valence-corrected chi connectivity index (χ3v) is 4.85. The molecule has 0 spiro atoms. The normalized spacial score (nSPS) is 11.2. The highest BCUT2D eigenvalue weighted by Gasteiger charge is 2.21. The third-order valence-electron chi connectivity index (χ3n) is 4.85. The Labute approximate surface area is 205 Å². The van der Waals surface area contributed by atoms with Crippen molar-refractivity contribution >= 4 is 11.1 Å². The maximum absolute atomic E-state index is 14.0. The number of aromatic nitrogens is 2. The van der Waals surface area contributed by atoms with Gasteiger partial charge in [-0.05, 0) is 24.3 Å². The zero-order chi connectivity index (χ0) is 27.7. The van der Waals surface area contributed by atoms with Gasteiger partial charge < -0.3 is 8.83 Å². The molecule has 2 heterocycles. The summed E-state index contributed by atoms with van der Waals surface area (Å²) in [6.45, 7) is 0. The number of hydrogen-bond donors (Lipinski definition) is 0. The van der Waals surface area contributed by atoms with Crippen LogP contribution in [0.1, 0.15) is 0 Å². The number of benzene rings is 2. The first-order valence-corrected chi connectivity index (χ1v) is 9.80. The minimum absolute atomic E-state index is 0.484. The predicted molar refractivity (Wildman–Crippen MR) is 110 cm³/mol. The van der Waals surface area contributed by atoms with Crippen molar-refractivity contribution in [3.8, 4) is 46.8 Å². The predicted octanol–water partition coefficient (Wildman–Crippen LogP) is 3.51. The largest absolute Gasteiger partial charge is 0.431 e. The fraction of sp³-hybridized carbons (Fsp3) is 0. The van der Waals surface area contributed by atoms with Crippen LogP contribution >= 0.6 is 0 Å². The molecule has 4 rings (SSSR count). The lowest BCUT2D eigenvalue weighted by molar-refractivity contribution is 0.440. The van der Waals surface area contributed by atoms with Crippen molar-refractivity contribution in [2.75, 3.05) is 0 Å². The number of nitriles is 4. The van der Waals surface area contributed by atoms with Crippen LogP contribution in [0.5, 0.6) is 0 Å². The van der Waals surface area contributed by atoms with Crippen LogP contribution in [0.4, 0.5) is 26.3 Å². The van der Waals surface area contributed by atoms with Gasteiger partial charge in [-0.3, -0.25) is 0 Å². The van der Waals surface area contributed by atoms with Crippen molar-refractivity contribution < 1.29 is 35.2 Å². The van der Waals surface area contributed by atoms with Gasteiger partial charge in [0.15, 0.2) is 46.0 Å². The lowest BCUT2D eigenvalue weighted by Crippen LogP contribution is -2.04. The van der Waals surface area contributed by atoms with Gasteiger partial charge in [0.05, 0.1) is 0 Å². The van der Waals surface area contributed by atoms with Crippen LogP contribution in [0.3, 0.4) is 0 Å². The molecular weight excluding hydrogens is 518 g/mol. The number of nitrogens with zero attached hydrogens (tertiary/aromatic N) is 6. The van der Waals surface area contributed by atoms with Crippen molar-refractivity contribution in [1.82, 2.24) is 9.97 Å². The van der Waals surface area contributed by atoms with Crippen molar-refractivity contribution in [3.05, 3.63) is 81.1 Å². The molecule has 184 valence electrons. The summed E-state index contributed by atoms with van der Waals surface area (Å²) in [7, 11) is 0. The van der Waals surface area contributed by atoms with Gasteiger partial charge in [0, 0.05) is 11.1 Å². The summed E-state index contributed by atoms with van der Waals surface area (Å²) in [6.07, 6.45) is 0. The minimum Gasteiger partial charge on any atom is -0.431 e. The van der Waals surface area contributed by atoms with E-state index in [2.05, 4.69) is 9.97 Å². The van der Waals surface area contributed by atoms with Gasteiger partial charge in [0.1, 0.15) is 35.7 Å². The summed E-state index contributed by atoms with van der Waals surface area (Å²) in [4.78, 5) is 7.70. The molecule has 8 nitrogen and oxygen atoms in total. The first-order chi connectivity index (χ1) is 18.1. The summed E-state index contributed by atoms with van der Waals surface area (Å²) in [5.41, 5.74) is -6.37. The molecule has 0 saturated heterocycles. The Morgan fingerprint density at radius 2 is 0.842 bits per heavy atom. The molecule has 0 aliphatic heterocycles. The average molecular weight is 522 g/mol. The highest BCUT2D eigenvalue weighted by Crippen LogP contribution is 2.27. The number of hydrogen-bond acceptors (Lipinski definition) is 8. The number of halogens is 6. The van der Waals surface area contributed by atoms with Crippen molar-refractivity contribution in [2.24, 2.45) is 0 Å². The van der Waals surface area contributed by atoms with Gasteiger partial charge in [-0.1, -0.05) is 0 Å². The SMILES string of the molecule is N#CC(C#N)=c1nc(-c2cc(F)c(F)c(F)c2)/c(=c2\oc(=C(C#N)C#N)nc2-c2cc(F)c(F)c(F)c2)o1. The molecule has 4 aromatic rings. The first-order valence-electron chi connectivity index (χ1n) is 9.80. The lowest BCUT2D eigenvalue weighted by Gasteiger charge is -2.01. The number of rotatable bonds is 2. The van der Waals surface area contributed by atoms with Crippen molar-refractivity contribution in [2.45, 2.75) is 0 Å². The van der Waals surface area contributed by atoms with Gasteiger partial charge in [-0.15, -0.1) is 0 Å². The molecule has 0 aliphatic rings. The smallest absolute Gasteiger partial charge is 0.249 e. The standard InChI is InChI=1S/C24H4F6N6O2/c25-13-1-9(2-14(26)17(13)29)19-21(37-23(35-19)11(5-31)6-32)22-20(36-24(38-22)12(7-33)8-34)10-3-15(27)18(30)16(28)4-10/h1-4H/b22-21+. The van der Waals surface area contributed by atoms with E-state index in [-0.39, 0.29) is 0 Å². The molecule has 0 saturated carbocycles. The van der Waals surface area contributed by atoms with Gasteiger partial charge in [-0.25, -0.2) is 36.3 Å².